The normalized spacial score (nSPS) is 17.3. The van der Waals surface area contributed by atoms with Crippen molar-refractivity contribution < 1.29 is 14.7 Å². The first-order chi connectivity index (χ1) is 11.1. The van der Waals surface area contributed by atoms with E-state index in [1.807, 2.05) is 30.3 Å². The molecule has 2 aromatic rings. The summed E-state index contributed by atoms with van der Waals surface area (Å²) >= 11 is 0. The zero-order chi connectivity index (χ0) is 16.4. The second kappa shape index (κ2) is 6.24. The summed E-state index contributed by atoms with van der Waals surface area (Å²) in [5.41, 5.74) is 3.90. The quantitative estimate of drug-likeness (QED) is 0.946. The van der Waals surface area contributed by atoms with Crippen LogP contribution in [0.3, 0.4) is 0 Å². The smallest absolute Gasteiger partial charge is 0.326 e. The summed E-state index contributed by atoms with van der Waals surface area (Å²) in [6.07, 6.45) is 1.27. The molecular formula is C19H19NO3. The predicted octanol–water partition coefficient (Wildman–Crippen LogP) is 3.35. The number of carbonyl (C=O) groups excluding carboxylic acids is 1. The van der Waals surface area contributed by atoms with Crippen molar-refractivity contribution in [3.05, 3.63) is 59.7 Å². The van der Waals surface area contributed by atoms with Crippen LogP contribution in [-0.2, 0) is 4.79 Å². The first-order valence-corrected chi connectivity index (χ1v) is 7.78. The molecule has 1 saturated heterocycles. The molecule has 1 atom stereocenters. The zero-order valence-electron chi connectivity index (χ0n) is 13.0. The van der Waals surface area contributed by atoms with Crippen LogP contribution >= 0.6 is 0 Å². The van der Waals surface area contributed by atoms with E-state index in [1.54, 1.807) is 12.1 Å². The molecule has 4 heteroatoms. The number of aliphatic carboxylic acids is 1. The number of carboxylic acids is 1. The number of amides is 1. The molecule has 2 aromatic carbocycles. The van der Waals surface area contributed by atoms with E-state index < -0.39 is 12.0 Å². The Hall–Kier alpha value is -2.62. The Balaban J connectivity index is 1.84. The Kier molecular flexibility index (Phi) is 4.15. The molecule has 1 aliphatic rings. The number of rotatable bonds is 3. The Bertz CT molecular complexity index is 737. The van der Waals surface area contributed by atoms with Crippen LogP contribution in [0, 0.1) is 6.92 Å². The third-order valence-electron chi connectivity index (χ3n) is 4.39. The highest BCUT2D eigenvalue weighted by Crippen LogP contribution is 2.25. The van der Waals surface area contributed by atoms with Crippen LogP contribution in [0.4, 0.5) is 0 Å². The molecule has 1 heterocycles. The van der Waals surface area contributed by atoms with Crippen molar-refractivity contribution in [2.24, 2.45) is 0 Å². The molecule has 4 nitrogen and oxygen atoms in total. The Morgan fingerprint density at radius 3 is 2.43 bits per heavy atom. The number of hydrogen-bond donors (Lipinski definition) is 1. The SMILES string of the molecule is Cc1ccccc1-c1ccc(C(=O)N2CCC[C@H]2C(=O)O)cc1. The van der Waals surface area contributed by atoms with Gasteiger partial charge in [-0.25, -0.2) is 4.79 Å². The van der Waals surface area contributed by atoms with E-state index >= 15 is 0 Å². The number of aryl methyl sites for hydroxylation is 1. The minimum absolute atomic E-state index is 0.203. The molecule has 1 N–H and O–H groups in total. The van der Waals surface area contributed by atoms with Crippen molar-refractivity contribution in [2.45, 2.75) is 25.8 Å². The molecule has 0 radical (unpaired) electrons. The number of carbonyl (C=O) groups is 2. The van der Waals surface area contributed by atoms with Gasteiger partial charge < -0.3 is 10.0 Å². The third kappa shape index (κ3) is 2.97. The van der Waals surface area contributed by atoms with Gasteiger partial charge >= 0.3 is 5.97 Å². The number of nitrogens with zero attached hydrogens (tertiary/aromatic N) is 1. The third-order valence-corrected chi connectivity index (χ3v) is 4.39. The van der Waals surface area contributed by atoms with E-state index in [0.29, 0.717) is 18.5 Å². The molecule has 3 rings (SSSR count). The maximum Gasteiger partial charge on any atom is 0.326 e. The average molecular weight is 309 g/mol. The summed E-state index contributed by atoms with van der Waals surface area (Å²) in [7, 11) is 0. The number of likely N-dealkylation sites (tertiary alicyclic amines) is 1. The highest BCUT2D eigenvalue weighted by molar-refractivity contribution is 5.97. The zero-order valence-corrected chi connectivity index (χ0v) is 13.0. The molecule has 1 amide bonds. The van der Waals surface area contributed by atoms with E-state index in [-0.39, 0.29) is 5.91 Å². The first kappa shape index (κ1) is 15.3. The Labute approximate surface area is 135 Å². The van der Waals surface area contributed by atoms with Crippen LogP contribution in [0.5, 0.6) is 0 Å². The van der Waals surface area contributed by atoms with Crippen molar-refractivity contribution >= 4 is 11.9 Å². The molecule has 0 spiro atoms. The topological polar surface area (TPSA) is 57.6 Å². The summed E-state index contributed by atoms with van der Waals surface area (Å²) < 4.78 is 0. The Morgan fingerprint density at radius 2 is 1.78 bits per heavy atom. The van der Waals surface area contributed by atoms with Gasteiger partial charge in [0.05, 0.1) is 0 Å². The summed E-state index contributed by atoms with van der Waals surface area (Å²) in [5.74, 6) is -1.13. The number of benzene rings is 2. The molecule has 0 bridgehead atoms. The lowest BCUT2D eigenvalue weighted by Crippen LogP contribution is -2.40. The van der Waals surface area contributed by atoms with Crippen molar-refractivity contribution in [3.63, 3.8) is 0 Å². The molecule has 0 aliphatic carbocycles. The minimum atomic E-state index is -0.924. The first-order valence-electron chi connectivity index (χ1n) is 7.78. The fourth-order valence-corrected chi connectivity index (χ4v) is 3.12. The van der Waals surface area contributed by atoms with Gasteiger partial charge in [0.25, 0.3) is 5.91 Å². The van der Waals surface area contributed by atoms with E-state index in [1.165, 1.54) is 10.5 Å². The maximum absolute atomic E-state index is 12.5. The monoisotopic (exact) mass is 309 g/mol. The van der Waals surface area contributed by atoms with Crippen LogP contribution in [0.25, 0.3) is 11.1 Å². The van der Waals surface area contributed by atoms with Gasteiger partial charge in [0.15, 0.2) is 0 Å². The van der Waals surface area contributed by atoms with Crippen LogP contribution < -0.4 is 0 Å². The molecule has 0 saturated carbocycles. The minimum Gasteiger partial charge on any atom is -0.480 e. The highest BCUT2D eigenvalue weighted by atomic mass is 16.4. The maximum atomic E-state index is 12.5. The second-order valence-electron chi connectivity index (χ2n) is 5.89. The van der Waals surface area contributed by atoms with Crippen LogP contribution in [0.15, 0.2) is 48.5 Å². The lowest BCUT2D eigenvalue weighted by atomic mass is 9.99. The van der Waals surface area contributed by atoms with E-state index in [9.17, 15) is 14.7 Å². The fourth-order valence-electron chi connectivity index (χ4n) is 3.12. The van der Waals surface area contributed by atoms with Gasteiger partial charge in [0, 0.05) is 12.1 Å². The van der Waals surface area contributed by atoms with E-state index in [4.69, 9.17) is 0 Å². The van der Waals surface area contributed by atoms with Crippen molar-refractivity contribution in [2.75, 3.05) is 6.54 Å². The summed E-state index contributed by atoms with van der Waals surface area (Å²) in [5, 5.41) is 9.21. The molecule has 1 aliphatic heterocycles. The number of hydrogen-bond acceptors (Lipinski definition) is 2. The van der Waals surface area contributed by atoms with E-state index in [0.717, 1.165) is 17.5 Å². The summed E-state index contributed by atoms with van der Waals surface area (Å²) in [6, 6.07) is 14.8. The molecule has 118 valence electrons. The van der Waals surface area contributed by atoms with Gasteiger partial charge in [-0.2, -0.15) is 0 Å². The van der Waals surface area contributed by atoms with Gasteiger partial charge in [-0.3, -0.25) is 4.79 Å². The largest absolute Gasteiger partial charge is 0.480 e. The lowest BCUT2D eigenvalue weighted by Gasteiger charge is -2.21. The van der Waals surface area contributed by atoms with Gasteiger partial charge in [-0.05, 0) is 48.6 Å². The van der Waals surface area contributed by atoms with Gasteiger partial charge in [0.2, 0.25) is 0 Å². The van der Waals surface area contributed by atoms with E-state index in [2.05, 4.69) is 13.0 Å². The van der Waals surface area contributed by atoms with Gasteiger partial charge in [-0.1, -0.05) is 36.4 Å². The Morgan fingerprint density at radius 1 is 1.09 bits per heavy atom. The second-order valence-corrected chi connectivity index (χ2v) is 5.89. The standard InChI is InChI=1S/C19H19NO3/c1-13-5-2-3-6-16(13)14-8-10-15(11-9-14)18(21)20-12-4-7-17(20)19(22)23/h2-3,5-6,8-11,17H,4,7,12H2,1H3,(H,22,23)/t17-/m0/s1. The molecule has 1 fully saturated rings. The van der Waals surface area contributed by atoms with Gasteiger partial charge in [0.1, 0.15) is 6.04 Å². The highest BCUT2D eigenvalue weighted by Gasteiger charge is 2.34. The van der Waals surface area contributed by atoms with Crippen molar-refractivity contribution in [1.82, 2.24) is 4.90 Å². The molecular weight excluding hydrogens is 290 g/mol. The van der Waals surface area contributed by atoms with Gasteiger partial charge in [-0.15, -0.1) is 0 Å². The van der Waals surface area contributed by atoms with Crippen LogP contribution in [0.2, 0.25) is 0 Å². The number of carboxylic acid groups (broad SMARTS) is 1. The lowest BCUT2D eigenvalue weighted by molar-refractivity contribution is -0.141. The van der Waals surface area contributed by atoms with Crippen LogP contribution in [0.1, 0.15) is 28.8 Å². The predicted molar refractivity (Wildman–Crippen MR) is 88.3 cm³/mol. The van der Waals surface area contributed by atoms with Crippen LogP contribution in [-0.4, -0.2) is 34.5 Å². The summed E-state index contributed by atoms with van der Waals surface area (Å²) in [4.78, 5) is 25.2. The molecule has 23 heavy (non-hydrogen) atoms. The molecule has 0 unspecified atom stereocenters. The van der Waals surface area contributed by atoms with Crippen molar-refractivity contribution in [3.8, 4) is 11.1 Å². The molecule has 0 aromatic heterocycles. The average Bonchev–Trinajstić information content (AvgIpc) is 3.05. The summed E-state index contributed by atoms with van der Waals surface area (Å²) in [6.45, 7) is 2.56. The fraction of sp³-hybridized carbons (Fsp3) is 0.263. The van der Waals surface area contributed by atoms with Crippen molar-refractivity contribution in [1.29, 1.82) is 0 Å².